The maximum absolute atomic E-state index is 5.45. The summed E-state index contributed by atoms with van der Waals surface area (Å²) >= 11 is 1.94. The van der Waals surface area contributed by atoms with E-state index in [9.17, 15) is 0 Å². The third-order valence-corrected chi connectivity index (χ3v) is 2.45. The topological polar surface area (TPSA) is 29.3 Å². The Bertz CT molecular complexity index is 76.0. The predicted octanol–water partition coefficient (Wildman–Crippen LogP) is 0.628. The predicted molar refractivity (Wildman–Crippen MR) is 49.5 cm³/mol. The van der Waals surface area contributed by atoms with E-state index in [1.54, 1.807) is 0 Å². The first-order chi connectivity index (χ1) is 4.66. The van der Waals surface area contributed by atoms with Gasteiger partial charge >= 0.3 is 0 Å². The highest BCUT2D eigenvalue weighted by Crippen LogP contribution is 2.07. The van der Waals surface area contributed by atoms with Crippen LogP contribution in [0.4, 0.5) is 0 Å². The van der Waals surface area contributed by atoms with Gasteiger partial charge in [0.25, 0.3) is 0 Å². The van der Waals surface area contributed by atoms with Gasteiger partial charge in [0.2, 0.25) is 0 Å². The van der Waals surface area contributed by atoms with Crippen LogP contribution in [-0.2, 0) is 0 Å². The van der Waals surface area contributed by atoms with Gasteiger partial charge in [0.1, 0.15) is 0 Å². The quantitative estimate of drug-likeness (QED) is 0.643. The van der Waals surface area contributed by atoms with Crippen LogP contribution >= 0.6 is 11.8 Å². The van der Waals surface area contributed by atoms with E-state index < -0.39 is 0 Å². The molecule has 0 radical (unpaired) electrons. The van der Waals surface area contributed by atoms with Gasteiger partial charge < -0.3 is 10.6 Å². The smallest absolute Gasteiger partial charge is 0.0142 e. The minimum Gasteiger partial charge on any atom is -0.329 e. The molecule has 2 N–H and O–H groups in total. The minimum atomic E-state index is 0.611. The number of nitrogens with zero attached hydrogens (tertiary/aromatic N) is 1. The summed E-state index contributed by atoms with van der Waals surface area (Å²) in [6.45, 7) is 4.10. The summed E-state index contributed by atoms with van der Waals surface area (Å²) in [4.78, 5) is 2.19. The van der Waals surface area contributed by atoms with Crippen LogP contribution in [-0.4, -0.2) is 43.1 Å². The zero-order valence-electron chi connectivity index (χ0n) is 7.13. The Balaban J connectivity index is 3.03. The summed E-state index contributed by atoms with van der Waals surface area (Å²) in [5.74, 6) is 1.19. The fourth-order valence-corrected chi connectivity index (χ4v) is 1.51. The van der Waals surface area contributed by atoms with Crippen molar-refractivity contribution < 1.29 is 0 Å². The zero-order chi connectivity index (χ0) is 7.98. The first kappa shape index (κ1) is 10.3. The van der Waals surface area contributed by atoms with Crippen molar-refractivity contribution in [2.45, 2.75) is 12.2 Å². The highest BCUT2D eigenvalue weighted by atomic mass is 32.2. The van der Waals surface area contributed by atoms with Gasteiger partial charge in [0, 0.05) is 24.1 Å². The highest BCUT2D eigenvalue weighted by molar-refractivity contribution is 7.99. The first-order valence-electron chi connectivity index (χ1n) is 3.63. The van der Waals surface area contributed by atoms with Crippen LogP contribution in [0.1, 0.15) is 6.92 Å². The molecule has 0 aromatic heterocycles. The van der Waals surface area contributed by atoms with Crippen LogP contribution in [0.3, 0.4) is 0 Å². The van der Waals surface area contributed by atoms with Gasteiger partial charge in [-0.3, -0.25) is 0 Å². The van der Waals surface area contributed by atoms with Crippen molar-refractivity contribution in [3.63, 3.8) is 0 Å². The molecule has 0 aliphatic carbocycles. The van der Waals surface area contributed by atoms with Crippen molar-refractivity contribution in [1.82, 2.24) is 4.90 Å². The van der Waals surface area contributed by atoms with Gasteiger partial charge in [0.05, 0.1) is 0 Å². The lowest BCUT2D eigenvalue weighted by molar-refractivity contribution is 0.437. The van der Waals surface area contributed by atoms with E-state index in [1.165, 1.54) is 5.75 Å². The Morgan fingerprint density at radius 1 is 1.50 bits per heavy atom. The van der Waals surface area contributed by atoms with Gasteiger partial charge in [-0.1, -0.05) is 6.92 Å². The van der Waals surface area contributed by atoms with E-state index in [1.807, 2.05) is 11.8 Å². The lowest BCUT2D eigenvalue weighted by Crippen LogP contribution is -2.18. The molecule has 0 aromatic rings. The summed E-state index contributed by atoms with van der Waals surface area (Å²) in [6, 6.07) is 0. The second-order valence-corrected chi connectivity index (χ2v) is 4.27. The molecule has 0 saturated heterocycles. The summed E-state index contributed by atoms with van der Waals surface area (Å²) in [7, 11) is 4.18. The Labute approximate surface area is 68.2 Å². The second kappa shape index (κ2) is 6.01. The molecular formula is C7H18N2S. The maximum atomic E-state index is 5.45. The minimum absolute atomic E-state index is 0.611. The molecule has 0 aliphatic heterocycles. The number of hydrogen-bond acceptors (Lipinski definition) is 3. The first-order valence-corrected chi connectivity index (χ1v) is 4.68. The summed E-state index contributed by atoms with van der Waals surface area (Å²) < 4.78 is 0. The molecule has 62 valence electrons. The molecule has 0 fully saturated rings. The van der Waals surface area contributed by atoms with Crippen LogP contribution in [0.5, 0.6) is 0 Å². The van der Waals surface area contributed by atoms with Gasteiger partial charge in [-0.05, 0) is 14.1 Å². The van der Waals surface area contributed by atoms with E-state index in [-0.39, 0.29) is 0 Å². The van der Waals surface area contributed by atoms with Gasteiger partial charge in [-0.25, -0.2) is 0 Å². The molecule has 0 aliphatic rings. The molecule has 3 heteroatoms. The molecule has 0 aromatic carbocycles. The Morgan fingerprint density at radius 2 is 2.10 bits per heavy atom. The monoisotopic (exact) mass is 162 g/mol. The molecule has 0 amide bonds. The highest BCUT2D eigenvalue weighted by Gasteiger charge is 1.98. The number of thioether (sulfide) groups is 1. The van der Waals surface area contributed by atoms with E-state index in [4.69, 9.17) is 5.73 Å². The Hall–Kier alpha value is 0.270. The van der Waals surface area contributed by atoms with Gasteiger partial charge in [-0.2, -0.15) is 11.8 Å². The third kappa shape index (κ3) is 6.39. The average molecular weight is 162 g/mol. The van der Waals surface area contributed by atoms with E-state index in [2.05, 4.69) is 25.9 Å². The van der Waals surface area contributed by atoms with Gasteiger partial charge in [0.15, 0.2) is 0 Å². The summed E-state index contributed by atoms with van der Waals surface area (Å²) in [6.07, 6.45) is 0. The van der Waals surface area contributed by atoms with Crippen LogP contribution in [0.15, 0.2) is 0 Å². The molecule has 0 spiro atoms. The second-order valence-electron chi connectivity index (χ2n) is 2.72. The lowest BCUT2D eigenvalue weighted by Gasteiger charge is -2.11. The molecule has 0 heterocycles. The molecular weight excluding hydrogens is 144 g/mol. The summed E-state index contributed by atoms with van der Waals surface area (Å²) in [5.41, 5.74) is 5.45. The zero-order valence-corrected chi connectivity index (χ0v) is 7.95. The van der Waals surface area contributed by atoms with Crippen molar-refractivity contribution in [3.05, 3.63) is 0 Å². The van der Waals surface area contributed by atoms with E-state index in [0.29, 0.717) is 5.25 Å². The molecule has 0 bridgehead atoms. The van der Waals surface area contributed by atoms with Crippen LogP contribution in [0, 0.1) is 0 Å². The average Bonchev–Trinajstić information content (AvgIpc) is 1.87. The van der Waals surface area contributed by atoms with Crippen molar-refractivity contribution in [2.75, 3.05) is 32.9 Å². The summed E-state index contributed by atoms with van der Waals surface area (Å²) in [5, 5.41) is 0.611. The third-order valence-electron chi connectivity index (χ3n) is 1.27. The Kier molecular flexibility index (Phi) is 6.17. The Morgan fingerprint density at radius 3 is 2.50 bits per heavy atom. The van der Waals surface area contributed by atoms with Crippen molar-refractivity contribution >= 4 is 11.8 Å². The fraction of sp³-hybridized carbons (Fsp3) is 1.00. The van der Waals surface area contributed by atoms with Crippen molar-refractivity contribution in [1.29, 1.82) is 0 Å². The molecule has 10 heavy (non-hydrogen) atoms. The normalized spacial score (nSPS) is 14.1. The number of rotatable bonds is 5. The fourth-order valence-electron chi connectivity index (χ4n) is 0.505. The molecule has 0 rings (SSSR count). The van der Waals surface area contributed by atoms with Crippen molar-refractivity contribution in [3.8, 4) is 0 Å². The van der Waals surface area contributed by atoms with Gasteiger partial charge in [-0.15, -0.1) is 0 Å². The molecule has 0 saturated carbocycles. The number of nitrogens with two attached hydrogens (primary N) is 1. The van der Waals surface area contributed by atoms with E-state index in [0.717, 1.165) is 13.1 Å². The SMILES string of the molecule is CC(CN)SCCN(C)C. The lowest BCUT2D eigenvalue weighted by atomic mass is 10.5. The number of hydrogen-bond donors (Lipinski definition) is 1. The maximum Gasteiger partial charge on any atom is 0.0142 e. The largest absolute Gasteiger partial charge is 0.329 e. The standard InChI is InChI=1S/C7H18N2S/c1-7(6-8)10-5-4-9(2)3/h7H,4-6,8H2,1-3H3. The van der Waals surface area contributed by atoms with E-state index >= 15 is 0 Å². The van der Waals surface area contributed by atoms with Crippen molar-refractivity contribution in [2.24, 2.45) is 5.73 Å². The molecule has 1 atom stereocenters. The molecule has 1 unspecified atom stereocenters. The van der Waals surface area contributed by atoms with Crippen LogP contribution in [0.25, 0.3) is 0 Å². The van der Waals surface area contributed by atoms with Crippen LogP contribution in [0.2, 0.25) is 0 Å². The van der Waals surface area contributed by atoms with Crippen LogP contribution < -0.4 is 5.73 Å². The molecule has 2 nitrogen and oxygen atoms in total.